The molecule has 0 saturated carbocycles. The number of hydrogen-bond acceptors (Lipinski definition) is 4. The van der Waals surface area contributed by atoms with Gasteiger partial charge in [-0.2, -0.15) is 0 Å². The summed E-state index contributed by atoms with van der Waals surface area (Å²) in [5, 5.41) is 3.64. The van der Waals surface area contributed by atoms with E-state index in [4.69, 9.17) is 22.1 Å². The summed E-state index contributed by atoms with van der Waals surface area (Å²) in [5.41, 5.74) is 6.50. The number of nitrogens with zero attached hydrogens (tertiary/aromatic N) is 1. The minimum atomic E-state index is 0.468. The lowest BCUT2D eigenvalue weighted by atomic mass is 10.3. The van der Waals surface area contributed by atoms with Crippen molar-refractivity contribution in [3.63, 3.8) is 0 Å². The van der Waals surface area contributed by atoms with Gasteiger partial charge in [0.05, 0.1) is 5.69 Å². The molecule has 1 aromatic carbocycles. The number of benzene rings is 1. The molecular formula is C12H13ClN2OS. The maximum atomic E-state index is 5.87. The lowest BCUT2D eigenvalue weighted by Gasteiger charge is -2.03. The van der Waals surface area contributed by atoms with Crippen LogP contribution in [0.4, 0.5) is 0 Å². The van der Waals surface area contributed by atoms with Crippen LogP contribution in [-0.2, 0) is 13.0 Å². The van der Waals surface area contributed by atoms with Gasteiger partial charge in [-0.15, -0.1) is 11.3 Å². The summed E-state index contributed by atoms with van der Waals surface area (Å²) >= 11 is 7.45. The van der Waals surface area contributed by atoms with Crippen LogP contribution >= 0.6 is 22.9 Å². The van der Waals surface area contributed by atoms with Crippen LogP contribution in [0.25, 0.3) is 0 Å². The molecule has 0 atom stereocenters. The third kappa shape index (κ3) is 3.70. The van der Waals surface area contributed by atoms with Crippen molar-refractivity contribution in [2.24, 2.45) is 5.73 Å². The van der Waals surface area contributed by atoms with Crippen molar-refractivity contribution in [3.8, 4) is 5.75 Å². The molecule has 1 aromatic heterocycles. The molecule has 0 aliphatic rings. The van der Waals surface area contributed by atoms with Crippen molar-refractivity contribution in [1.29, 1.82) is 0 Å². The first-order chi connectivity index (χ1) is 8.28. The molecule has 3 nitrogen and oxygen atoms in total. The average Bonchev–Trinajstić information content (AvgIpc) is 2.75. The first kappa shape index (κ1) is 12.4. The molecule has 2 N–H and O–H groups in total. The van der Waals surface area contributed by atoms with E-state index in [1.807, 2.05) is 23.6 Å². The van der Waals surface area contributed by atoms with E-state index in [1.165, 1.54) is 0 Å². The normalized spacial score (nSPS) is 10.5. The second kappa shape index (κ2) is 6.00. The SMILES string of the molecule is NCCc1csc(COc2cccc(Cl)c2)n1. The van der Waals surface area contributed by atoms with Crippen LogP contribution < -0.4 is 10.5 Å². The second-order valence-electron chi connectivity index (χ2n) is 3.52. The second-order valence-corrected chi connectivity index (χ2v) is 4.90. The van der Waals surface area contributed by atoms with Crippen molar-refractivity contribution in [2.45, 2.75) is 13.0 Å². The quantitative estimate of drug-likeness (QED) is 0.907. The van der Waals surface area contributed by atoms with Gasteiger partial charge < -0.3 is 10.5 Å². The molecule has 5 heteroatoms. The summed E-state index contributed by atoms with van der Waals surface area (Å²) in [6.07, 6.45) is 0.813. The lowest BCUT2D eigenvalue weighted by molar-refractivity contribution is 0.305. The molecule has 2 aromatic rings. The summed E-state index contributed by atoms with van der Waals surface area (Å²) in [5.74, 6) is 0.757. The van der Waals surface area contributed by atoms with E-state index < -0.39 is 0 Å². The van der Waals surface area contributed by atoms with Gasteiger partial charge in [-0.25, -0.2) is 4.98 Å². The fraction of sp³-hybridized carbons (Fsp3) is 0.250. The summed E-state index contributed by atoms with van der Waals surface area (Å²) in [4.78, 5) is 4.42. The van der Waals surface area contributed by atoms with Gasteiger partial charge in [0.25, 0.3) is 0 Å². The number of ether oxygens (including phenoxy) is 1. The summed E-state index contributed by atoms with van der Waals surface area (Å²) in [6, 6.07) is 7.34. The van der Waals surface area contributed by atoms with Crippen molar-refractivity contribution in [1.82, 2.24) is 4.98 Å². The molecular weight excluding hydrogens is 256 g/mol. The maximum Gasteiger partial charge on any atom is 0.140 e. The zero-order valence-electron chi connectivity index (χ0n) is 9.23. The molecule has 0 unspecified atom stereocenters. The van der Waals surface area contributed by atoms with Crippen molar-refractivity contribution < 1.29 is 4.74 Å². The Kier molecular flexibility index (Phi) is 4.36. The Labute approximate surface area is 109 Å². The Morgan fingerprint density at radius 1 is 1.41 bits per heavy atom. The third-order valence-corrected chi connectivity index (χ3v) is 3.26. The van der Waals surface area contributed by atoms with Gasteiger partial charge in [0, 0.05) is 16.8 Å². The molecule has 0 spiro atoms. The van der Waals surface area contributed by atoms with E-state index in [0.717, 1.165) is 22.9 Å². The first-order valence-electron chi connectivity index (χ1n) is 5.29. The van der Waals surface area contributed by atoms with E-state index in [9.17, 15) is 0 Å². The van der Waals surface area contributed by atoms with Gasteiger partial charge in [0.2, 0.25) is 0 Å². The molecule has 0 bridgehead atoms. The first-order valence-corrected chi connectivity index (χ1v) is 6.55. The number of halogens is 1. The van der Waals surface area contributed by atoms with Crippen LogP contribution in [0.15, 0.2) is 29.6 Å². The standard InChI is InChI=1S/C12H13ClN2OS/c13-9-2-1-3-11(6-9)16-7-12-15-10(4-5-14)8-17-12/h1-3,6,8H,4-5,7,14H2. The number of hydrogen-bond donors (Lipinski definition) is 1. The van der Waals surface area contributed by atoms with E-state index in [-0.39, 0.29) is 0 Å². The van der Waals surface area contributed by atoms with Gasteiger partial charge in [-0.1, -0.05) is 17.7 Å². The molecule has 17 heavy (non-hydrogen) atoms. The highest BCUT2D eigenvalue weighted by Crippen LogP contribution is 2.19. The van der Waals surface area contributed by atoms with Gasteiger partial charge in [-0.05, 0) is 24.7 Å². The number of thiazole rings is 1. The molecule has 0 radical (unpaired) electrons. The number of aromatic nitrogens is 1. The molecule has 2 rings (SSSR count). The largest absolute Gasteiger partial charge is 0.486 e. The van der Waals surface area contributed by atoms with Gasteiger partial charge in [0.15, 0.2) is 0 Å². The molecule has 0 aliphatic heterocycles. The Morgan fingerprint density at radius 2 is 2.29 bits per heavy atom. The zero-order chi connectivity index (χ0) is 12.1. The predicted molar refractivity (Wildman–Crippen MR) is 70.7 cm³/mol. The summed E-state index contributed by atoms with van der Waals surface area (Å²) in [7, 11) is 0. The maximum absolute atomic E-state index is 5.87. The van der Waals surface area contributed by atoms with Crippen molar-refractivity contribution in [2.75, 3.05) is 6.54 Å². The zero-order valence-corrected chi connectivity index (χ0v) is 10.8. The van der Waals surface area contributed by atoms with Gasteiger partial charge in [0.1, 0.15) is 17.4 Å². The molecule has 1 heterocycles. The van der Waals surface area contributed by atoms with Crippen molar-refractivity contribution >= 4 is 22.9 Å². The Bertz CT molecular complexity index is 487. The molecule has 0 amide bonds. The third-order valence-electron chi connectivity index (χ3n) is 2.16. The minimum absolute atomic E-state index is 0.468. The Balaban J connectivity index is 1.93. The fourth-order valence-electron chi connectivity index (χ4n) is 1.38. The van der Waals surface area contributed by atoms with Crippen molar-refractivity contribution in [3.05, 3.63) is 45.4 Å². The van der Waals surface area contributed by atoms with Crippen LogP contribution in [-0.4, -0.2) is 11.5 Å². The summed E-state index contributed by atoms with van der Waals surface area (Å²) in [6.45, 7) is 1.09. The van der Waals surface area contributed by atoms with E-state index in [0.29, 0.717) is 18.2 Å². The topological polar surface area (TPSA) is 48.1 Å². The van der Waals surface area contributed by atoms with Gasteiger partial charge in [-0.3, -0.25) is 0 Å². The highest BCUT2D eigenvalue weighted by molar-refractivity contribution is 7.09. The number of nitrogens with two attached hydrogens (primary N) is 1. The smallest absolute Gasteiger partial charge is 0.140 e. The molecule has 0 fully saturated rings. The predicted octanol–water partition coefficient (Wildman–Crippen LogP) is 2.88. The van der Waals surface area contributed by atoms with Crippen LogP contribution in [0.1, 0.15) is 10.7 Å². The lowest BCUT2D eigenvalue weighted by Crippen LogP contribution is -2.03. The summed E-state index contributed by atoms with van der Waals surface area (Å²) < 4.78 is 5.60. The fourth-order valence-corrected chi connectivity index (χ4v) is 2.30. The van der Waals surface area contributed by atoms with Crippen LogP contribution in [0.2, 0.25) is 5.02 Å². The van der Waals surface area contributed by atoms with E-state index >= 15 is 0 Å². The minimum Gasteiger partial charge on any atom is -0.486 e. The Morgan fingerprint density at radius 3 is 3.06 bits per heavy atom. The molecule has 0 saturated heterocycles. The highest BCUT2D eigenvalue weighted by Gasteiger charge is 2.02. The van der Waals surface area contributed by atoms with Crippen LogP contribution in [0.3, 0.4) is 0 Å². The van der Waals surface area contributed by atoms with Crippen LogP contribution in [0, 0.1) is 0 Å². The monoisotopic (exact) mass is 268 g/mol. The van der Waals surface area contributed by atoms with Crippen LogP contribution in [0.5, 0.6) is 5.75 Å². The van der Waals surface area contributed by atoms with E-state index in [1.54, 1.807) is 17.4 Å². The Hall–Kier alpha value is -1.10. The highest BCUT2D eigenvalue weighted by atomic mass is 35.5. The average molecular weight is 269 g/mol. The number of rotatable bonds is 5. The van der Waals surface area contributed by atoms with E-state index in [2.05, 4.69) is 4.98 Å². The molecule has 90 valence electrons. The molecule has 0 aliphatic carbocycles. The van der Waals surface area contributed by atoms with Gasteiger partial charge >= 0.3 is 0 Å².